The molecule has 1 saturated heterocycles. The second kappa shape index (κ2) is 8.69. The fourth-order valence-electron chi connectivity index (χ4n) is 3.09. The first-order valence-electron chi connectivity index (χ1n) is 9.50. The monoisotopic (exact) mass is 462 g/mol. The van der Waals surface area contributed by atoms with Crippen LogP contribution in [0.4, 0.5) is 0 Å². The number of rotatable bonds is 6. The number of nitrogens with two attached hydrogens (primary N) is 1. The zero-order valence-corrected chi connectivity index (χ0v) is 20.6. The molecule has 9 heteroatoms. The molecule has 1 fully saturated rings. The highest BCUT2D eigenvalue weighted by Gasteiger charge is 2.43. The zero-order chi connectivity index (χ0) is 21.3. The zero-order valence-electron chi connectivity index (χ0n) is 17.2. The third-order valence-electron chi connectivity index (χ3n) is 5.84. The normalized spacial score (nSPS) is 22.2. The molecule has 0 aromatic heterocycles. The number of benzene rings is 1. The Morgan fingerprint density at radius 3 is 2.36 bits per heavy atom. The van der Waals surface area contributed by atoms with E-state index in [4.69, 9.17) is 34.0 Å². The first kappa shape index (κ1) is 23.8. The minimum atomic E-state index is -3.78. The summed E-state index contributed by atoms with van der Waals surface area (Å²) in [5.41, 5.74) is 5.94. The van der Waals surface area contributed by atoms with Crippen LogP contribution in [-0.2, 0) is 14.4 Å². The van der Waals surface area contributed by atoms with Gasteiger partial charge >= 0.3 is 0 Å². The molecule has 0 aliphatic carbocycles. The van der Waals surface area contributed by atoms with Crippen molar-refractivity contribution < 1.29 is 12.8 Å². The third kappa shape index (κ3) is 5.15. The summed E-state index contributed by atoms with van der Waals surface area (Å²) in [6, 6.07) is 5.40. The molecule has 2 atom stereocenters. The van der Waals surface area contributed by atoms with E-state index in [0.717, 1.165) is 12.8 Å². The summed E-state index contributed by atoms with van der Waals surface area (Å²) in [6.45, 7) is 11.2. The van der Waals surface area contributed by atoms with E-state index < -0.39 is 24.4 Å². The molecule has 2 rings (SSSR count). The summed E-state index contributed by atoms with van der Waals surface area (Å²) in [7, 11) is -5.80. The van der Waals surface area contributed by atoms with Crippen molar-refractivity contribution in [2.75, 3.05) is 6.61 Å². The second-order valence-corrected chi connectivity index (χ2v) is 16.4. The Balaban J connectivity index is 2.38. The Kier molecular flexibility index (Phi) is 7.38. The lowest BCUT2D eigenvalue weighted by Crippen LogP contribution is -2.57. The van der Waals surface area contributed by atoms with Crippen LogP contribution in [0.25, 0.3) is 0 Å². The lowest BCUT2D eigenvalue weighted by atomic mass is 9.99. The van der Waals surface area contributed by atoms with Crippen molar-refractivity contribution >= 4 is 47.1 Å². The topological polar surface area (TPSA) is 72.6 Å². The number of hydrogen-bond donors (Lipinski definition) is 1. The number of nitrogens with zero attached hydrogens (tertiary/aromatic N) is 1. The Morgan fingerprint density at radius 2 is 1.86 bits per heavy atom. The first-order chi connectivity index (χ1) is 12.8. The number of piperidine rings is 1. The predicted octanol–water partition coefficient (Wildman–Crippen LogP) is 4.56. The van der Waals surface area contributed by atoms with Crippen molar-refractivity contribution in [2.45, 2.75) is 75.1 Å². The largest absolute Gasteiger partial charge is 0.415 e. The van der Waals surface area contributed by atoms with Gasteiger partial charge in [-0.1, -0.05) is 44.6 Å². The molecular weight excluding hydrogens is 432 g/mol. The molecule has 0 saturated carbocycles. The van der Waals surface area contributed by atoms with Crippen LogP contribution in [0.15, 0.2) is 29.2 Å². The molecule has 1 aromatic carbocycles. The molecule has 2 N–H and O–H groups in total. The van der Waals surface area contributed by atoms with Gasteiger partial charge in [0.25, 0.3) is 0 Å². The van der Waals surface area contributed by atoms with E-state index >= 15 is 0 Å². The van der Waals surface area contributed by atoms with Crippen LogP contribution in [0.2, 0.25) is 23.2 Å². The van der Waals surface area contributed by atoms with Gasteiger partial charge in [-0.2, -0.15) is 4.31 Å². The molecule has 1 aliphatic heterocycles. The fraction of sp³-hybridized carbons (Fsp3) is 0.632. The highest BCUT2D eigenvalue weighted by atomic mass is 35.5. The van der Waals surface area contributed by atoms with E-state index in [1.54, 1.807) is 12.1 Å². The number of hydrogen-bond acceptors (Lipinski definition) is 4. The minimum Gasteiger partial charge on any atom is -0.415 e. The van der Waals surface area contributed by atoms with Crippen LogP contribution >= 0.6 is 23.8 Å². The van der Waals surface area contributed by atoms with Crippen LogP contribution in [0.5, 0.6) is 0 Å². The lowest BCUT2D eigenvalue weighted by Gasteiger charge is -2.43. The van der Waals surface area contributed by atoms with Gasteiger partial charge in [-0.05, 0) is 61.7 Å². The van der Waals surface area contributed by atoms with Gasteiger partial charge in [0.2, 0.25) is 10.0 Å². The van der Waals surface area contributed by atoms with Gasteiger partial charge < -0.3 is 10.2 Å². The van der Waals surface area contributed by atoms with Crippen LogP contribution in [0, 0.1) is 0 Å². The van der Waals surface area contributed by atoms with Crippen molar-refractivity contribution in [1.29, 1.82) is 0 Å². The van der Waals surface area contributed by atoms with Crippen molar-refractivity contribution in [2.24, 2.45) is 5.73 Å². The van der Waals surface area contributed by atoms with Gasteiger partial charge in [0.15, 0.2) is 8.32 Å². The summed E-state index contributed by atoms with van der Waals surface area (Å²) in [6.07, 6.45) is 2.21. The van der Waals surface area contributed by atoms with Crippen molar-refractivity contribution in [3.63, 3.8) is 0 Å². The molecular formula is C19H31ClN2O3S2Si. The van der Waals surface area contributed by atoms with Crippen molar-refractivity contribution in [1.82, 2.24) is 4.31 Å². The lowest BCUT2D eigenvalue weighted by molar-refractivity contribution is 0.142. The van der Waals surface area contributed by atoms with E-state index in [0.29, 0.717) is 18.1 Å². The Hall–Kier alpha value is -0.513. The molecule has 5 nitrogen and oxygen atoms in total. The van der Waals surface area contributed by atoms with Gasteiger partial charge in [-0.25, -0.2) is 8.42 Å². The van der Waals surface area contributed by atoms with Gasteiger partial charge in [0, 0.05) is 11.1 Å². The Morgan fingerprint density at radius 1 is 1.29 bits per heavy atom. The number of sulfonamides is 1. The molecule has 158 valence electrons. The minimum absolute atomic E-state index is 0.0458. The highest BCUT2D eigenvalue weighted by Crippen LogP contribution is 2.38. The SMILES string of the molecule is CC(C)(C)[Si](C)(C)OCC1CCCC(C(N)=S)N1S(=O)(=O)c1ccc(Cl)cc1. The highest BCUT2D eigenvalue weighted by molar-refractivity contribution is 7.89. The molecule has 0 radical (unpaired) electrons. The van der Waals surface area contributed by atoms with E-state index in [2.05, 4.69) is 33.9 Å². The summed E-state index contributed by atoms with van der Waals surface area (Å²) in [5, 5.41) is 0.533. The molecule has 0 spiro atoms. The maximum absolute atomic E-state index is 13.5. The van der Waals surface area contributed by atoms with Gasteiger partial charge in [0.1, 0.15) is 0 Å². The molecule has 1 aromatic rings. The van der Waals surface area contributed by atoms with Gasteiger partial charge in [-0.15, -0.1) is 0 Å². The molecule has 28 heavy (non-hydrogen) atoms. The smallest absolute Gasteiger partial charge is 0.244 e. The van der Waals surface area contributed by atoms with Crippen molar-refractivity contribution in [3.8, 4) is 0 Å². The van der Waals surface area contributed by atoms with E-state index in [-0.39, 0.29) is 21.0 Å². The molecule has 0 amide bonds. The fourth-order valence-corrected chi connectivity index (χ4v) is 6.40. The maximum Gasteiger partial charge on any atom is 0.244 e. The van der Waals surface area contributed by atoms with E-state index in [1.807, 2.05) is 0 Å². The summed E-state index contributed by atoms with van der Waals surface area (Å²) in [4.78, 5) is 0.395. The average Bonchev–Trinajstić information content (AvgIpc) is 2.59. The third-order valence-corrected chi connectivity index (χ3v) is 12.8. The second-order valence-electron chi connectivity index (χ2n) is 8.86. The summed E-state index contributed by atoms with van der Waals surface area (Å²) >= 11 is 11.2. The number of halogens is 1. The first-order valence-corrected chi connectivity index (χ1v) is 14.6. The molecule has 2 unspecified atom stereocenters. The maximum atomic E-state index is 13.5. The van der Waals surface area contributed by atoms with Crippen molar-refractivity contribution in [3.05, 3.63) is 29.3 Å². The standard InChI is InChI=1S/C19H31ClN2O3S2Si/c1-19(2,3)28(4,5)25-13-15-7-6-8-17(18(21)26)22(15)27(23,24)16-11-9-14(20)10-12-16/h9-12,15,17H,6-8,13H2,1-5H3,(H2,21,26). The summed E-state index contributed by atoms with van der Waals surface area (Å²) in [5.74, 6) is 0. The van der Waals surface area contributed by atoms with Crippen LogP contribution < -0.4 is 5.73 Å². The van der Waals surface area contributed by atoms with Crippen LogP contribution in [0.1, 0.15) is 40.0 Å². The van der Waals surface area contributed by atoms with Gasteiger partial charge in [-0.3, -0.25) is 0 Å². The average molecular weight is 463 g/mol. The number of thiocarbonyl (C=S) groups is 1. The van der Waals surface area contributed by atoms with Gasteiger partial charge in [0.05, 0.1) is 22.5 Å². The molecule has 0 bridgehead atoms. The predicted molar refractivity (Wildman–Crippen MR) is 122 cm³/mol. The molecule has 1 heterocycles. The van der Waals surface area contributed by atoms with Crippen LogP contribution in [-0.4, -0.2) is 44.7 Å². The van der Waals surface area contributed by atoms with E-state index in [1.165, 1.54) is 16.4 Å². The van der Waals surface area contributed by atoms with Crippen LogP contribution in [0.3, 0.4) is 0 Å². The summed E-state index contributed by atoms with van der Waals surface area (Å²) < 4.78 is 34.8. The Labute approximate surface area is 180 Å². The Bertz CT molecular complexity index is 807. The quantitative estimate of drug-likeness (QED) is 0.495. The molecule has 1 aliphatic rings. The van der Waals surface area contributed by atoms with E-state index in [9.17, 15) is 8.42 Å².